The smallest absolute Gasteiger partial charge is 0.236 e. The van der Waals surface area contributed by atoms with Gasteiger partial charge >= 0.3 is 0 Å². The Bertz CT molecular complexity index is 637. The van der Waals surface area contributed by atoms with Gasteiger partial charge < -0.3 is 4.90 Å². The molecule has 0 aromatic carbocycles. The highest BCUT2D eigenvalue weighted by molar-refractivity contribution is 7.09. The summed E-state index contributed by atoms with van der Waals surface area (Å²) < 4.78 is 2.00. The molecule has 1 aliphatic rings. The van der Waals surface area contributed by atoms with Crippen LogP contribution in [0, 0.1) is 6.92 Å². The minimum absolute atomic E-state index is 0.196. The van der Waals surface area contributed by atoms with Gasteiger partial charge in [-0.05, 0) is 43.3 Å². The van der Waals surface area contributed by atoms with Gasteiger partial charge in [0.1, 0.15) is 0 Å². The summed E-state index contributed by atoms with van der Waals surface area (Å²) in [4.78, 5) is 17.9. The van der Waals surface area contributed by atoms with E-state index < -0.39 is 0 Å². The molecule has 0 radical (unpaired) electrons. The van der Waals surface area contributed by atoms with Gasteiger partial charge in [0.15, 0.2) is 0 Å². The first-order valence-corrected chi connectivity index (χ1v) is 8.99. The second-order valence-electron chi connectivity index (χ2n) is 6.34. The Morgan fingerprint density at radius 3 is 3.09 bits per heavy atom. The van der Waals surface area contributed by atoms with Crippen molar-refractivity contribution in [1.82, 2.24) is 19.6 Å². The van der Waals surface area contributed by atoms with Crippen molar-refractivity contribution in [2.24, 2.45) is 0 Å². The molecular formula is C17H24N4OS. The molecule has 2 aromatic rings. The van der Waals surface area contributed by atoms with E-state index in [0.29, 0.717) is 19.1 Å². The molecule has 0 bridgehead atoms. The van der Waals surface area contributed by atoms with Crippen LogP contribution in [0.5, 0.6) is 0 Å². The van der Waals surface area contributed by atoms with Crippen LogP contribution in [0.25, 0.3) is 0 Å². The van der Waals surface area contributed by atoms with Crippen molar-refractivity contribution < 1.29 is 4.79 Å². The van der Waals surface area contributed by atoms with E-state index in [0.717, 1.165) is 25.9 Å². The van der Waals surface area contributed by atoms with E-state index >= 15 is 0 Å². The molecule has 1 fully saturated rings. The largest absolute Gasteiger partial charge is 0.340 e. The topological polar surface area (TPSA) is 41.4 Å². The lowest BCUT2D eigenvalue weighted by Crippen LogP contribution is -2.41. The number of aryl methyl sites for hydroxylation is 1. The first-order valence-electron chi connectivity index (χ1n) is 8.11. The zero-order valence-electron chi connectivity index (χ0n) is 13.8. The molecule has 0 N–H and O–H groups in total. The van der Waals surface area contributed by atoms with Crippen molar-refractivity contribution in [1.29, 1.82) is 0 Å². The Kier molecular flexibility index (Phi) is 5.13. The first kappa shape index (κ1) is 16.2. The number of amides is 1. The molecule has 0 saturated carbocycles. The number of rotatable bonds is 6. The Labute approximate surface area is 141 Å². The third kappa shape index (κ3) is 4.20. The van der Waals surface area contributed by atoms with E-state index in [1.54, 1.807) is 11.3 Å². The SMILES string of the molecule is Cc1cnn(CC2CCCN2CC(=O)N(C)Cc2cccs2)c1. The summed E-state index contributed by atoms with van der Waals surface area (Å²) >= 11 is 1.70. The Morgan fingerprint density at radius 1 is 1.52 bits per heavy atom. The maximum Gasteiger partial charge on any atom is 0.236 e. The average Bonchev–Trinajstić information content (AvgIpc) is 3.24. The van der Waals surface area contributed by atoms with Gasteiger partial charge in [-0.3, -0.25) is 14.4 Å². The number of thiophene rings is 1. The van der Waals surface area contributed by atoms with Gasteiger partial charge in [0.05, 0.1) is 25.8 Å². The van der Waals surface area contributed by atoms with Gasteiger partial charge in [-0.25, -0.2) is 0 Å². The van der Waals surface area contributed by atoms with E-state index in [1.165, 1.54) is 10.4 Å². The Hall–Kier alpha value is -1.66. The second-order valence-corrected chi connectivity index (χ2v) is 7.37. The number of hydrogen-bond acceptors (Lipinski definition) is 4. The zero-order chi connectivity index (χ0) is 16.2. The molecule has 3 heterocycles. The molecule has 1 amide bonds. The number of likely N-dealkylation sites (tertiary alicyclic amines) is 1. The molecule has 5 nitrogen and oxygen atoms in total. The lowest BCUT2D eigenvalue weighted by Gasteiger charge is -2.26. The van der Waals surface area contributed by atoms with Crippen molar-refractivity contribution in [3.8, 4) is 0 Å². The number of carbonyl (C=O) groups excluding carboxylic acids is 1. The number of likely N-dealkylation sites (N-methyl/N-ethyl adjacent to an activating group) is 1. The van der Waals surface area contributed by atoms with Crippen LogP contribution < -0.4 is 0 Å². The maximum absolute atomic E-state index is 12.5. The predicted octanol–water partition coefficient (Wildman–Crippen LogP) is 2.38. The molecule has 1 saturated heterocycles. The summed E-state index contributed by atoms with van der Waals surface area (Å²) in [7, 11) is 1.89. The molecule has 6 heteroatoms. The third-order valence-corrected chi connectivity index (χ3v) is 5.26. The van der Waals surface area contributed by atoms with E-state index in [9.17, 15) is 4.79 Å². The molecule has 1 atom stereocenters. The quantitative estimate of drug-likeness (QED) is 0.815. The van der Waals surface area contributed by atoms with Gasteiger partial charge in [0.2, 0.25) is 5.91 Å². The summed E-state index contributed by atoms with van der Waals surface area (Å²) in [5.41, 5.74) is 1.18. The van der Waals surface area contributed by atoms with E-state index in [2.05, 4.69) is 34.6 Å². The number of carbonyl (C=O) groups is 1. The number of aromatic nitrogens is 2. The molecule has 23 heavy (non-hydrogen) atoms. The minimum atomic E-state index is 0.196. The molecule has 3 rings (SSSR count). The van der Waals surface area contributed by atoms with Gasteiger partial charge in [-0.2, -0.15) is 5.10 Å². The predicted molar refractivity (Wildman–Crippen MR) is 92.4 cm³/mol. The van der Waals surface area contributed by atoms with Crippen molar-refractivity contribution in [2.45, 2.75) is 38.9 Å². The maximum atomic E-state index is 12.5. The standard InChI is InChI=1S/C17H24N4OS/c1-14-9-18-21(10-14)11-15-5-3-7-20(15)13-17(22)19(2)12-16-6-4-8-23-16/h4,6,8-10,15H,3,5,7,11-13H2,1-2H3. The van der Waals surface area contributed by atoms with Crippen LogP contribution in [-0.4, -0.2) is 51.7 Å². The van der Waals surface area contributed by atoms with Crippen molar-refractivity contribution in [2.75, 3.05) is 20.1 Å². The summed E-state index contributed by atoms with van der Waals surface area (Å²) in [5.74, 6) is 0.196. The molecule has 124 valence electrons. The summed E-state index contributed by atoms with van der Waals surface area (Å²) in [6.07, 6.45) is 6.26. The van der Waals surface area contributed by atoms with Gasteiger partial charge in [0, 0.05) is 24.2 Å². The number of nitrogens with zero attached hydrogens (tertiary/aromatic N) is 4. The van der Waals surface area contributed by atoms with Crippen molar-refractivity contribution in [3.63, 3.8) is 0 Å². The highest BCUT2D eigenvalue weighted by Crippen LogP contribution is 2.19. The van der Waals surface area contributed by atoms with Crippen molar-refractivity contribution in [3.05, 3.63) is 40.3 Å². The van der Waals surface area contributed by atoms with Crippen LogP contribution in [-0.2, 0) is 17.9 Å². The summed E-state index contributed by atoms with van der Waals surface area (Å²) in [6, 6.07) is 4.52. The normalized spacial score (nSPS) is 18.4. The Morgan fingerprint density at radius 2 is 2.39 bits per heavy atom. The summed E-state index contributed by atoms with van der Waals surface area (Å²) in [6.45, 7) is 5.14. The molecule has 1 aliphatic heterocycles. The number of hydrogen-bond donors (Lipinski definition) is 0. The van der Waals surface area contributed by atoms with Gasteiger partial charge in [-0.1, -0.05) is 6.07 Å². The monoisotopic (exact) mass is 332 g/mol. The zero-order valence-corrected chi connectivity index (χ0v) is 14.6. The van der Waals surface area contributed by atoms with Crippen LogP contribution in [0.1, 0.15) is 23.3 Å². The van der Waals surface area contributed by atoms with Crippen molar-refractivity contribution >= 4 is 17.2 Å². The lowest BCUT2D eigenvalue weighted by molar-refractivity contribution is -0.131. The fraction of sp³-hybridized carbons (Fsp3) is 0.529. The molecule has 1 unspecified atom stereocenters. The first-order chi connectivity index (χ1) is 11.1. The molecule has 0 aliphatic carbocycles. The van der Waals surface area contributed by atoms with Crippen LogP contribution in [0.4, 0.5) is 0 Å². The van der Waals surface area contributed by atoms with Crippen LogP contribution in [0.2, 0.25) is 0 Å². The van der Waals surface area contributed by atoms with Gasteiger partial charge in [0.25, 0.3) is 0 Å². The summed E-state index contributed by atoms with van der Waals surface area (Å²) in [5, 5.41) is 6.43. The van der Waals surface area contributed by atoms with Crippen LogP contribution in [0.3, 0.4) is 0 Å². The molecule has 2 aromatic heterocycles. The van der Waals surface area contributed by atoms with E-state index in [-0.39, 0.29) is 5.91 Å². The van der Waals surface area contributed by atoms with Crippen LogP contribution in [0.15, 0.2) is 29.9 Å². The second kappa shape index (κ2) is 7.27. The fourth-order valence-corrected chi connectivity index (χ4v) is 3.87. The van der Waals surface area contributed by atoms with E-state index in [1.807, 2.05) is 28.9 Å². The molecular weight excluding hydrogens is 308 g/mol. The van der Waals surface area contributed by atoms with E-state index in [4.69, 9.17) is 0 Å². The molecule has 0 spiro atoms. The highest BCUT2D eigenvalue weighted by atomic mass is 32.1. The fourth-order valence-electron chi connectivity index (χ4n) is 3.11. The highest BCUT2D eigenvalue weighted by Gasteiger charge is 2.27. The Balaban J connectivity index is 1.54. The third-order valence-electron chi connectivity index (χ3n) is 4.40. The van der Waals surface area contributed by atoms with Crippen LogP contribution >= 0.6 is 11.3 Å². The lowest BCUT2D eigenvalue weighted by atomic mass is 10.2. The average molecular weight is 332 g/mol. The minimum Gasteiger partial charge on any atom is -0.340 e. The van der Waals surface area contributed by atoms with Gasteiger partial charge in [-0.15, -0.1) is 11.3 Å².